The molecule has 0 unspecified atom stereocenters. The first-order valence-corrected chi connectivity index (χ1v) is 9.32. The smallest absolute Gasteiger partial charge is 0.275 e. The number of piperidine rings is 1. The number of hydrogen-bond donors (Lipinski definition) is 1. The van der Waals surface area contributed by atoms with Crippen LogP contribution in [0.4, 0.5) is 0 Å². The second-order valence-corrected chi connectivity index (χ2v) is 7.13. The zero-order valence-electron chi connectivity index (χ0n) is 15.6. The minimum atomic E-state index is -0.271. The number of H-pyrrole nitrogens is 1. The van der Waals surface area contributed by atoms with Crippen LogP contribution in [0.5, 0.6) is 0 Å². The van der Waals surface area contributed by atoms with Gasteiger partial charge in [-0.1, -0.05) is 18.2 Å². The molecule has 144 valence electrons. The number of aromatic amines is 1. The highest BCUT2D eigenvalue weighted by Gasteiger charge is 2.26. The Morgan fingerprint density at radius 3 is 2.93 bits per heavy atom. The van der Waals surface area contributed by atoms with Gasteiger partial charge in [0.1, 0.15) is 12.4 Å². The molecule has 0 radical (unpaired) electrons. The van der Waals surface area contributed by atoms with Crippen molar-refractivity contribution in [3.8, 4) is 0 Å². The Labute approximate surface area is 160 Å². The fourth-order valence-corrected chi connectivity index (χ4v) is 3.73. The van der Waals surface area contributed by atoms with Gasteiger partial charge in [-0.05, 0) is 25.8 Å². The topological polar surface area (TPSA) is 101 Å². The van der Waals surface area contributed by atoms with Gasteiger partial charge in [0.15, 0.2) is 0 Å². The number of benzene rings is 1. The molecule has 4 rings (SSSR count). The third kappa shape index (κ3) is 3.58. The SMILES string of the molecule is Cc1nc([C@H]2CCCN(C(=O)Cn3ncc4ccccc4c3=O)C2)cc(=O)[nH]1. The molecule has 28 heavy (non-hydrogen) atoms. The van der Waals surface area contributed by atoms with E-state index in [1.165, 1.54) is 10.7 Å². The number of carbonyl (C=O) groups excluding carboxylic acids is 1. The van der Waals surface area contributed by atoms with Gasteiger partial charge < -0.3 is 9.88 Å². The van der Waals surface area contributed by atoms with Crippen LogP contribution in [0, 0.1) is 6.92 Å². The van der Waals surface area contributed by atoms with Crippen LogP contribution in [0.25, 0.3) is 10.8 Å². The molecule has 8 nitrogen and oxygen atoms in total. The number of aromatic nitrogens is 4. The monoisotopic (exact) mass is 379 g/mol. The maximum atomic E-state index is 12.8. The third-order valence-electron chi connectivity index (χ3n) is 5.12. The van der Waals surface area contributed by atoms with E-state index in [0.717, 1.165) is 18.2 Å². The molecule has 0 spiro atoms. The number of likely N-dealkylation sites (tertiary alicyclic amines) is 1. The van der Waals surface area contributed by atoms with Crippen LogP contribution < -0.4 is 11.1 Å². The van der Waals surface area contributed by atoms with Crippen LogP contribution in [0.3, 0.4) is 0 Å². The van der Waals surface area contributed by atoms with Crippen molar-refractivity contribution in [3.05, 3.63) is 68.8 Å². The normalized spacial score (nSPS) is 17.0. The number of fused-ring (bicyclic) bond motifs is 1. The van der Waals surface area contributed by atoms with E-state index in [9.17, 15) is 14.4 Å². The summed E-state index contributed by atoms with van der Waals surface area (Å²) in [5, 5.41) is 5.44. The zero-order chi connectivity index (χ0) is 19.7. The Hall–Kier alpha value is -3.29. The molecule has 8 heteroatoms. The highest BCUT2D eigenvalue weighted by Crippen LogP contribution is 2.25. The van der Waals surface area contributed by atoms with Crippen molar-refractivity contribution < 1.29 is 4.79 Å². The lowest BCUT2D eigenvalue weighted by Crippen LogP contribution is -2.42. The van der Waals surface area contributed by atoms with E-state index in [2.05, 4.69) is 15.1 Å². The van der Waals surface area contributed by atoms with Crippen molar-refractivity contribution in [2.75, 3.05) is 13.1 Å². The minimum Gasteiger partial charge on any atom is -0.340 e. The van der Waals surface area contributed by atoms with E-state index in [1.54, 1.807) is 30.2 Å². The van der Waals surface area contributed by atoms with Crippen molar-refractivity contribution in [3.63, 3.8) is 0 Å². The molecule has 1 amide bonds. The molecule has 2 aromatic heterocycles. The van der Waals surface area contributed by atoms with Gasteiger partial charge in [-0.25, -0.2) is 9.67 Å². The van der Waals surface area contributed by atoms with E-state index in [-0.39, 0.29) is 29.5 Å². The molecule has 1 saturated heterocycles. The van der Waals surface area contributed by atoms with Crippen LogP contribution in [0.1, 0.15) is 30.3 Å². The molecular weight excluding hydrogens is 358 g/mol. The Kier molecular flexibility index (Phi) is 4.77. The van der Waals surface area contributed by atoms with Crippen LogP contribution in [0.2, 0.25) is 0 Å². The average molecular weight is 379 g/mol. The van der Waals surface area contributed by atoms with Crippen LogP contribution in [0.15, 0.2) is 46.1 Å². The summed E-state index contributed by atoms with van der Waals surface area (Å²) in [7, 11) is 0. The lowest BCUT2D eigenvalue weighted by Gasteiger charge is -2.32. The molecule has 1 aliphatic heterocycles. The van der Waals surface area contributed by atoms with Crippen molar-refractivity contribution in [2.45, 2.75) is 32.2 Å². The van der Waals surface area contributed by atoms with Crippen molar-refractivity contribution in [2.24, 2.45) is 0 Å². The first-order valence-electron chi connectivity index (χ1n) is 9.32. The standard InChI is InChI=1S/C20H21N5O3/c1-13-22-17(9-18(26)23-13)15-6-4-8-24(11-15)19(27)12-25-20(28)16-7-3-2-5-14(16)10-21-25/h2-3,5,7,9-10,15H,4,6,8,11-12H2,1H3,(H,22,23,26)/t15-/m0/s1. The fourth-order valence-electron chi connectivity index (χ4n) is 3.73. The van der Waals surface area contributed by atoms with Crippen molar-refractivity contribution >= 4 is 16.7 Å². The number of nitrogens with one attached hydrogen (secondary N) is 1. The van der Waals surface area contributed by atoms with Crippen molar-refractivity contribution in [1.29, 1.82) is 0 Å². The molecular formula is C20H21N5O3. The first-order chi connectivity index (χ1) is 13.5. The second-order valence-electron chi connectivity index (χ2n) is 7.13. The molecule has 0 aliphatic carbocycles. The lowest BCUT2D eigenvalue weighted by molar-refractivity contribution is -0.133. The highest BCUT2D eigenvalue weighted by molar-refractivity contribution is 5.81. The van der Waals surface area contributed by atoms with E-state index in [0.29, 0.717) is 30.0 Å². The van der Waals surface area contributed by atoms with Gasteiger partial charge in [0.05, 0.1) is 17.3 Å². The van der Waals surface area contributed by atoms with Gasteiger partial charge in [-0.15, -0.1) is 0 Å². The molecule has 1 N–H and O–H groups in total. The largest absolute Gasteiger partial charge is 0.340 e. The van der Waals surface area contributed by atoms with Gasteiger partial charge in [0, 0.05) is 30.5 Å². The second kappa shape index (κ2) is 7.38. The molecule has 1 fully saturated rings. The summed E-state index contributed by atoms with van der Waals surface area (Å²) in [5.41, 5.74) is 0.254. The van der Waals surface area contributed by atoms with Gasteiger partial charge >= 0.3 is 0 Å². The minimum absolute atomic E-state index is 0.0139. The number of carbonyl (C=O) groups is 1. The number of rotatable bonds is 3. The molecule has 0 saturated carbocycles. The maximum absolute atomic E-state index is 12.8. The summed E-state index contributed by atoms with van der Waals surface area (Å²) in [6.07, 6.45) is 3.30. The molecule has 1 aliphatic rings. The summed E-state index contributed by atoms with van der Waals surface area (Å²) in [6.45, 7) is 2.75. The zero-order valence-corrected chi connectivity index (χ0v) is 15.6. The van der Waals surface area contributed by atoms with E-state index in [4.69, 9.17) is 0 Å². The molecule has 3 heterocycles. The number of amides is 1. The Balaban J connectivity index is 1.53. The maximum Gasteiger partial charge on any atom is 0.275 e. The van der Waals surface area contributed by atoms with Crippen LogP contribution in [-0.4, -0.2) is 43.6 Å². The summed E-state index contributed by atoms with van der Waals surface area (Å²) in [6, 6.07) is 8.69. The van der Waals surface area contributed by atoms with E-state index in [1.807, 2.05) is 12.1 Å². The summed E-state index contributed by atoms with van der Waals surface area (Å²) in [4.78, 5) is 45.9. The highest BCUT2D eigenvalue weighted by atomic mass is 16.2. The first kappa shape index (κ1) is 18.1. The van der Waals surface area contributed by atoms with Crippen LogP contribution in [-0.2, 0) is 11.3 Å². The van der Waals surface area contributed by atoms with Gasteiger partial charge in [0.2, 0.25) is 5.91 Å². The van der Waals surface area contributed by atoms with Crippen molar-refractivity contribution in [1.82, 2.24) is 24.6 Å². The lowest BCUT2D eigenvalue weighted by atomic mass is 9.94. The number of aryl methyl sites for hydroxylation is 1. The summed E-state index contributed by atoms with van der Waals surface area (Å²) in [5.74, 6) is 0.425. The third-order valence-corrected chi connectivity index (χ3v) is 5.12. The predicted molar refractivity (Wildman–Crippen MR) is 104 cm³/mol. The number of hydrogen-bond acceptors (Lipinski definition) is 5. The number of nitrogens with zero attached hydrogens (tertiary/aromatic N) is 4. The summed E-state index contributed by atoms with van der Waals surface area (Å²) >= 11 is 0. The van der Waals surface area contributed by atoms with Gasteiger partial charge in [-0.3, -0.25) is 14.4 Å². The molecule has 0 bridgehead atoms. The average Bonchev–Trinajstić information content (AvgIpc) is 2.69. The Morgan fingerprint density at radius 2 is 2.11 bits per heavy atom. The quantitative estimate of drug-likeness (QED) is 0.737. The molecule has 1 aromatic carbocycles. The fraction of sp³-hybridized carbons (Fsp3) is 0.350. The predicted octanol–water partition coefficient (Wildman–Crippen LogP) is 1.19. The molecule has 3 aromatic rings. The Morgan fingerprint density at radius 1 is 1.29 bits per heavy atom. The Bertz CT molecular complexity index is 1150. The van der Waals surface area contributed by atoms with Gasteiger partial charge in [-0.2, -0.15) is 5.10 Å². The van der Waals surface area contributed by atoms with E-state index >= 15 is 0 Å². The van der Waals surface area contributed by atoms with E-state index < -0.39 is 0 Å². The van der Waals surface area contributed by atoms with Crippen LogP contribution >= 0.6 is 0 Å². The summed E-state index contributed by atoms with van der Waals surface area (Å²) < 4.78 is 1.21. The molecule has 1 atom stereocenters. The van der Waals surface area contributed by atoms with Gasteiger partial charge in [0.25, 0.3) is 11.1 Å².